The standard InChI is InChI=1S/C19H22ClN5O3/c1-10-5-13(14(20)7-15(10)21)18(27)25-4-3-24(9-11(25)2)19(28)16-6-12(8-23-16)17(22)26/h5-8,11,23H,3-4,9,21H2,1-2H3,(H2,22,26)/t11-/m1/s1. The number of piperazine rings is 1. The zero-order valence-electron chi connectivity index (χ0n) is 15.7. The maximum Gasteiger partial charge on any atom is 0.270 e. The van der Waals surface area contributed by atoms with Crippen molar-refractivity contribution in [3.63, 3.8) is 0 Å². The molecule has 1 aromatic heterocycles. The van der Waals surface area contributed by atoms with E-state index in [-0.39, 0.29) is 29.1 Å². The van der Waals surface area contributed by atoms with Crippen LogP contribution in [-0.4, -0.2) is 58.2 Å². The van der Waals surface area contributed by atoms with Crippen LogP contribution in [0.4, 0.5) is 5.69 Å². The van der Waals surface area contributed by atoms with Gasteiger partial charge in [0, 0.05) is 37.6 Å². The predicted molar refractivity (Wildman–Crippen MR) is 106 cm³/mol. The van der Waals surface area contributed by atoms with Crippen molar-refractivity contribution >= 4 is 35.0 Å². The fourth-order valence-corrected chi connectivity index (χ4v) is 3.54. The van der Waals surface area contributed by atoms with Crippen molar-refractivity contribution in [2.75, 3.05) is 25.4 Å². The van der Waals surface area contributed by atoms with E-state index in [0.29, 0.717) is 35.9 Å². The molecule has 0 aliphatic carbocycles. The average molecular weight is 404 g/mol. The molecule has 1 aliphatic rings. The number of nitrogens with zero attached hydrogens (tertiary/aromatic N) is 2. The van der Waals surface area contributed by atoms with Crippen molar-refractivity contribution in [3.05, 3.63) is 51.8 Å². The number of nitrogen functional groups attached to an aromatic ring is 1. The number of nitrogens with two attached hydrogens (primary N) is 2. The van der Waals surface area contributed by atoms with Gasteiger partial charge in [0.1, 0.15) is 5.69 Å². The highest BCUT2D eigenvalue weighted by molar-refractivity contribution is 6.34. The largest absolute Gasteiger partial charge is 0.398 e. The first-order valence-electron chi connectivity index (χ1n) is 8.83. The molecule has 0 radical (unpaired) electrons. The van der Waals surface area contributed by atoms with Crippen LogP contribution in [0.5, 0.6) is 0 Å². The van der Waals surface area contributed by atoms with Crippen molar-refractivity contribution in [3.8, 4) is 0 Å². The van der Waals surface area contributed by atoms with Crippen LogP contribution in [0.1, 0.15) is 43.7 Å². The molecule has 0 bridgehead atoms. The van der Waals surface area contributed by atoms with Gasteiger partial charge in [-0.3, -0.25) is 14.4 Å². The first-order valence-corrected chi connectivity index (χ1v) is 9.21. The van der Waals surface area contributed by atoms with Crippen molar-refractivity contribution in [2.24, 2.45) is 5.73 Å². The number of aromatic amines is 1. The summed E-state index contributed by atoms with van der Waals surface area (Å²) in [6.07, 6.45) is 1.41. The minimum Gasteiger partial charge on any atom is -0.398 e. The summed E-state index contributed by atoms with van der Waals surface area (Å²) < 4.78 is 0. The van der Waals surface area contributed by atoms with Gasteiger partial charge < -0.3 is 26.3 Å². The summed E-state index contributed by atoms with van der Waals surface area (Å²) in [5.74, 6) is -1.04. The number of amides is 3. The number of aryl methyl sites for hydroxylation is 1. The molecule has 0 saturated carbocycles. The minimum absolute atomic E-state index is 0.191. The normalized spacial score (nSPS) is 16.9. The highest BCUT2D eigenvalue weighted by Crippen LogP contribution is 2.26. The van der Waals surface area contributed by atoms with Crippen LogP contribution in [-0.2, 0) is 0 Å². The Bertz CT molecular complexity index is 955. The molecule has 2 heterocycles. The maximum absolute atomic E-state index is 13.0. The predicted octanol–water partition coefficient (Wildman–Crippen LogP) is 1.64. The number of H-pyrrole nitrogens is 1. The van der Waals surface area contributed by atoms with Crippen LogP contribution in [0.2, 0.25) is 5.02 Å². The Morgan fingerprint density at radius 1 is 1.18 bits per heavy atom. The molecule has 1 atom stereocenters. The molecule has 5 N–H and O–H groups in total. The van der Waals surface area contributed by atoms with E-state index in [2.05, 4.69) is 4.98 Å². The second-order valence-corrected chi connectivity index (χ2v) is 7.36. The molecule has 1 fully saturated rings. The van der Waals surface area contributed by atoms with Crippen LogP contribution in [0.3, 0.4) is 0 Å². The number of carbonyl (C=O) groups is 3. The maximum atomic E-state index is 13.0. The average Bonchev–Trinajstić information content (AvgIpc) is 3.14. The van der Waals surface area contributed by atoms with Gasteiger partial charge in [-0.25, -0.2) is 0 Å². The molecule has 9 heteroatoms. The lowest BCUT2D eigenvalue weighted by molar-refractivity contribution is 0.0412. The summed E-state index contributed by atoms with van der Waals surface area (Å²) in [4.78, 5) is 42.9. The van der Waals surface area contributed by atoms with Gasteiger partial charge in [-0.05, 0) is 37.6 Å². The third-order valence-electron chi connectivity index (χ3n) is 4.96. The van der Waals surface area contributed by atoms with Crippen molar-refractivity contribution in [1.82, 2.24) is 14.8 Å². The molecule has 148 valence electrons. The molecular formula is C19H22ClN5O3. The third kappa shape index (κ3) is 3.68. The highest BCUT2D eigenvalue weighted by Gasteiger charge is 2.32. The number of benzene rings is 1. The van der Waals surface area contributed by atoms with E-state index in [4.69, 9.17) is 23.1 Å². The molecule has 2 aromatic rings. The Morgan fingerprint density at radius 2 is 1.89 bits per heavy atom. The highest BCUT2D eigenvalue weighted by atomic mass is 35.5. The quantitative estimate of drug-likeness (QED) is 0.673. The summed E-state index contributed by atoms with van der Waals surface area (Å²) in [6, 6.07) is 4.50. The lowest BCUT2D eigenvalue weighted by Crippen LogP contribution is -2.55. The van der Waals surface area contributed by atoms with Crippen LogP contribution < -0.4 is 11.5 Å². The number of rotatable bonds is 3. The minimum atomic E-state index is -0.602. The van der Waals surface area contributed by atoms with Crippen molar-refractivity contribution in [1.29, 1.82) is 0 Å². The second-order valence-electron chi connectivity index (χ2n) is 6.95. The zero-order chi connectivity index (χ0) is 20.6. The van der Waals surface area contributed by atoms with Gasteiger partial charge in [-0.15, -0.1) is 0 Å². The van der Waals surface area contributed by atoms with Crippen molar-refractivity contribution < 1.29 is 14.4 Å². The number of anilines is 1. The Hall–Kier alpha value is -3.00. The Morgan fingerprint density at radius 3 is 2.50 bits per heavy atom. The molecule has 1 saturated heterocycles. The second kappa shape index (κ2) is 7.55. The topological polar surface area (TPSA) is 126 Å². The molecule has 1 aliphatic heterocycles. The Kier molecular flexibility index (Phi) is 5.33. The number of aromatic nitrogens is 1. The number of nitrogens with one attached hydrogen (secondary N) is 1. The summed E-state index contributed by atoms with van der Waals surface area (Å²) in [6.45, 7) is 4.79. The summed E-state index contributed by atoms with van der Waals surface area (Å²) in [7, 11) is 0. The van der Waals surface area contributed by atoms with E-state index in [9.17, 15) is 14.4 Å². The number of halogens is 1. The number of hydrogen-bond acceptors (Lipinski definition) is 4. The fourth-order valence-electron chi connectivity index (χ4n) is 3.29. The Labute approximate surface area is 167 Å². The van der Waals surface area contributed by atoms with E-state index in [1.165, 1.54) is 12.3 Å². The van der Waals surface area contributed by atoms with Crippen LogP contribution in [0.25, 0.3) is 0 Å². The SMILES string of the molecule is Cc1cc(C(=O)N2CCN(C(=O)c3cc(C(N)=O)c[nH]3)C[C@H]2C)c(Cl)cc1N. The smallest absolute Gasteiger partial charge is 0.270 e. The molecule has 8 nitrogen and oxygen atoms in total. The zero-order valence-corrected chi connectivity index (χ0v) is 16.4. The van der Waals surface area contributed by atoms with E-state index >= 15 is 0 Å². The lowest BCUT2D eigenvalue weighted by Gasteiger charge is -2.40. The summed E-state index contributed by atoms with van der Waals surface area (Å²) in [5.41, 5.74) is 13.3. The summed E-state index contributed by atoms with van der Waals surface area (Å²) in [5, 5.41) is 0.309. The summed E-state index contributed by atoms with van der Waals surface area (Å²) >= 11 is 6.22. The van der Waals surface area contributed by atoms with Gasteiger partial charge in [0.15, 0.2) is 0 Å². The number of hydrogen-bond donors (Lipinski definition) is 3. The molecule has 3 rings (SSSR count). The van der Waals surface area contributed by atoms with E-state index < -0.39 is 5.91 Å². The first-order chi connectivity index (χ1) is 13.2. The van der Waals surface area contributed by atoms with Crippen LogP contribution in [0.15, 0.2) is 24.4 Å². The first kappa shape index (κ1) is 19.8. The van der Waals surface area contributed by atoms with E-state index in [1.54, 1.807) is 21.9 Å². The van der Waals surface area contributed by atoms with Crippen molar-refractivity contribution in [2.45, 2.75) is 19.9 Å². The molecular weight excluding hydrogens is 382 g/mol. The lowest BCUT2D eigenvalue weighted by atomic mass is 10.1. The molecule has 0 spiro atoms. The van der Waals surface area contributed by atoms with Gasteiger partial charge in [-0.2, -0.15) is 0 Å². The molecule has 0 unspecified atom stereocenters. The molecule has 1 aromatic carbocycles. The Balaban J connectivity index is 1.72. The van der Waals surface area contributed by atoms with Gasteiger partial charge in [-0.1, -0.05) is 11.6 Å². The van der Waals surface area contributed by atoms with Gasteiger partial charge in [0.2, 0.25) is 5.91 Å². The van der Waals surface area contributed by atoms with Crippen LogP contribution >= 0.6 is 11.6 Å². The van der Waals surface area contributed by atoms with Gasteiger partial charge in [0.25, 0.3) is 11.8 Å². The number of carbonyl (C=O) groups excluding carboxylic acids is 3. The van der Waals surface area contributed by atoms with E-state index in [1.807, 2.05) is 13.8 Å². The molecule has 28 heavy (non-hydrogen) atoms. The fraction of sp³-hybridized carbons (Fsp3) is 0.316. The van der Waals surface area contributed by atoms with Gasteiger partial charge >= 0.3 is 0 Å². The monoisotopic (exact) mass is 403 g/mol. The molecule has 3 amide bonds. The number of primary amides is 1. The van der Waals surface area contributed by atoms with Crippen LogP contribution in [0, 0.1) is 6.92 Å². The van der Waals surface area contributed by atoms with E-state index in [0.717, 1.165) is 5.56 Å². The van der Waals surface area contributed by atoms with Gasteiger partial charge in [0.05, 0.1) is 16.1 Å². The third-order valence-corrected chi connectivity index (χ3v) is 5.27.